The first-order valence-electron chi connectivity index (χ1n) is 10.2. The number of ether oxygens (including phenoxy) is 2. The maximum atomic E-state index is 13.5. The van der Waals surface area contributed by atoms with Crippen molar-refractivity contribution in [2.75, 3.05) is 14.2 Å². The molecule has 0 unspecified atom stereocenters. The van der Waals surface area contributed by atoms with Gasteiger partial charge in [0.1, 0.15) is 16.3 Å². The Hall–Kier alpha value is -4.10. The largest absolute Gasteiger partial charge is 0.497 e. The molecule has 33 heavy (non-hydrogen) atoms. The number of benzene rings is 3. The van der Waals surface area contributed by atoms with Crippen molar-refractivity contribution in [1.82, 2.24) is 9.55 Å². The van der Waals surface area contributed by atoms with E-state index in [0.717, 1.165) is 32.6 Å². The van der Waals surface area contributed by atoms with Crippen LogP contribution in [-0.2, 0) is 0 Å². The van der Waals surface area contributed by atoms with E-state index in [-0.39, 0.29) is 5.56 Å². The highest BCUT2D eigenvalue weighted by molar-refractivity contribution is 7.17. The fraction of sp³-hybridized carbons (Fsp3) is 0.0769. The summed E-state index contributed by atoms with van der Waals surface area (Å²) in [6.07, 6.45) is 0. The number of H-pyrrole nitrogens is 1. The van der Waals surface area contributed by atoms with Gasteiger partial charge >= 0.3 is 5.69 Å². The van der Waals surface area contributed by atoms with Gasteiger partial charge in [0.15, 0.2) is 0 Å². The second kappa shape index (κ2) is 8.44. The van der Waals surface area contributed by atoms with Crippen molar-refractivity contribution in [3.05, 3.63) is 99.0 Å². The number of aromatic nitrogens is 2. The van der Waals surface area contributed by atoms with Crippen LogP contribution in [0, 0.1) is 0 Å². The molecule has 5 aromatic rings. The number of fused-ring (bicyclic) bond motifs is 1. The molecule has 0 amide bonds. The van der Waals surface area contributed by atoms with E-state index < -0.39 is 5.69 Å². The minimum absolute atomic E-state index is 0.363. The lowest BCUT2D eigenvalue weighted by Gasteiger charge is -2.08. The summed E-state index contributed by atoms with van der Waals surface area (Å²) in [4.78, 5) is 29.6. The fourth-order valence-corrected chi connectivity index (χ4v) is 4.79. The molecule has 2 heterocycles. The molecule has 5 rings (SSSR count). The summed E-state index contributed by atoms with van der Waals surface area (Å²) in [5, 5.41) is 2.39. The Morgan fingerprint density at radius 2 is 1.42 bits per heavy atom. The zero-order chi connectivity index (χ0) is 22.9. The topological polar surface area (TPSA) is 73.3 Å². The maximum absolute atomic E-state index is 13.5. The monoisotopic (exact) mass is 456 g/mol. The number of nitrogens with zero attached hydrogens (tertiary/aromatic N) is 1. The van der Waals surface area contributed by atoms with Gasteiger partial charge in [-0.05, 0) is 41.0 Å². The second-order valence-corrected chi connectivity index (χ2v) is 8.31. The third kappa shape index (κ3) is 3.72. The zero-order valence-electron chi connectivity index (χ0n) is 18.0. The van der Waals surface area contributed by atoms with Crippen molar-refractivity contribution >= 4 is 21.6 Å². The molecule has 164 valence electrons. The van der Waals surface area contributed by atoms with Crippen molar-refractivity contribution in [3.8, 4) is 39.4 Å². The predicted octanol–water partition coefficient (Wildman–Crippen LogP) is 5.09. The van der Waals surface area contributed by atoms with Crippen LogP contribution in [0.1, 0.15) is 0 Å². The van der Waals surface area contributed by atoms with E-state index in [0.29, 0.717) is 21.7 Å². The van der Waals surface area contributed by atoms with E-state index in [2.05, 4.69) is 4.98 Å². The molecule has 0 aliphatic heterocycles. The van der Waals surface area contributed by atoms with E-state index in [1.807, 2.05) is 53.9 Å². The summed E-state index contributed by atoms with van der Waals surface area (Å²) in [6, 6.07) is 22.8. The molecule has 2 aromatic heterocycles. The van der Waals surface area contributed by atoms with Gasteiger partial charge in [-0.3, -0.25) is 9.78 Å². The van der Waals surface area contributed by atoms with Crippen LogP contribution in [0.25, 0.3) is 38.2 Å². The first-order valence-corrected chi connectivity index (χ1v) is 11.1. The number of hydrogen-bond donors (Lipinski definition) is 1. The van der Waals surface area contributed by atoms with Gasteiger partial charge in [-0.1, -0.05) is 42.5 Å². The smallest absolute Gasteiger partial charge is 0.334 e. The van der Waals surface area contributed by atoms with Crippen molar-refractivity contribution in [2.24, 2.45) is 0 Å². The third-order valence-electron chi connectivity index (χ3n) is 5.56. The second-order valence-electron chi connectivity index (χ2n) is 7.43. The molecule has 0 saturated carbocycles. The average molecular weight is 457 g/mol. The number of hydrogen-bond acceptors (Lipinski definition) is 5. The van der Waals surface area contributed by atoms with Crippen molar-refractivity contribution < 1.29 is 9.47 Å². The standard InChI is InChI=1S/C26H20N2O4S/c1-31-20-12-10-17(11-13-20)16-6-8-18(9-7-16)22-15-33-24-23(22)25(29)28(26(30)27-24)19-4-3-5-21(14-19)32-2/h3-15H,1-2H3,(H,27,30). The van der Waals surface area contributed by atoms with Gasteiger partial charge in [-0.15, -0.1) is 11.3 Å². The van der Waals surface area contributed by atoms with Crippen molar-refractivity contribution in [2.45, 2.75) is 0 Å². The van der Waals surface area contributed by atoms with Crippen LogP contribution in [0.15, 0.2) is 87.8 Å². The van der Waals surface area contributed by atoms with Gasteiger partial charge in [0.05, 0.1) is 25.3 Å². The van der Waals surface area contributed by atoms with E-state index >= 15 is 0 Å². The molecular weight excluding hydrogens is 436 g/mol. The quantitative estimate of drug-likeness (QED) is 0.400. The molecule has 3 aromatic carbocycles. The van der Waals surface area contributed by atoms with Gasteiger partial charge in [0, 0.05) is 17.0 Å². The molecule has 0 atom stereocenters. The van der Waals surface area contributed by atoms with E-state index in [1.54, 1.807) is 38.5 Å². The molecular formula is C26H20N2O4S. The molecule has 0 bridgehead atoms. The van der Waals surface area contributed by atoms with Crippen molar-refractivity contribution in [1.29, 1.82) is 0 Å². The Morgan fingerprint density at radius 3 is 2.09 bits per heavy atom. The highest BCUT2D eigenvalue weighted by Gasteiger charge is 2.16. The lowest BCUT2D eigenvalue weighted by Crippen LogP contribution is -2.33. The molecule has 0 aliphatic rings. The van der Waals surface area contributed by atoms with Crippen LogP contribution < -0.4 is 20.7 Å². The molecule has 6 nitrogen and oxygen atoms in total. The van der Waals surface area contributed by atoms with Gasteiger partial charge < -0.3 is 9.47 Å². The summed E-state index contributed by atoms with van der Waals surface area (Å²) in [7, 11) is 3.19. The van der Waals surface area contributed by atoms with Crippen LogP contribution in [-0.4, -0.2) is 23.8 Å². The normalized spacial score (nSPS) is 11.0. The Labute approximate surface area is 193 Å². The maximum Gasteiger partial charge on any atom is 0.334 e. The fourth-order valence-electron chi connectivity index (χ4n) is 3.84. The Balaban J connectivity index is 1.60. The number of rotatable bonds is 5. The molecule has 0 spiro atoms. The molecule has 0 saturated heterocycles. The minimum atomic E-state index is -0.482. The lowest BCUT2D eigenvalue weighted by molar-refractivity contribution is 0.414. The van der Waals surface area contributed by atoms with Crippen LogP contribution >= 0.6 is 11.3 Å². The van der Waals surface area contributed by atoms with Crippen LogP contribution in [0.3, 0.4) is 0 Å². The zero-order valence-corrected chi connectivity index (χ0v) is 18.8. The average Bonchev–Trinajstić information content (AvgIpc) is 3.28. The first kappa shape index (κ1) is 20.8. The van der Waals surface area contributed by atoms with Gasteiger partial charge in [-0.25, -0.2) is 9.36 Å². The Morgan fingerprint density at radius 1 is 0.788 bits per heavy atom. The summed E-state index contributed by atoms with van der Waals surface area (Å²) in [5.41, 5.74) is 3.43. The number of aromatic amines is 1. The highest BCUT2D eigenvalue weighted by Crippen LogP contribution is 2.32. The summed E-state index contributed by atoms with van der Waals surface area (Å²) in [5.74, 6) is 1.37. The summed E-state index contributed by atoms with van der Waals surface area (Å²) in [6.45, 7) is 0. The number of thiophene rings is 1. The lowest BCUT2D eigenvalue weighted by atomic mass is 10.0. The van der Waals surface area contributed by atoms with Gasteiger partial charge in [0.2, 0.25) is 0 Å². The highest BCUT2D eigenvalue weighted by atomic mass is 32.1. The minimum Gasteiger partial charge on any atom is -0.497 e. The summed E-state index contributed by atoms with van der Waals surface area (Å²) >= 11 is 1.35. The van der Waals surface area contributed by atoms with E-state index in [1.165, 1.54) is 11.3 Å². The number of nitrogens with one attached hydrogen (secondary N) is 1. The Bertz CT molecular complexity index is 1560. The van der Waals surface area contributed by atoms with Crippen LogP contribution in [0.4, 0.5) is 0 Å². The van der Waals surface area contributed by atoms with Crippen molar-refractivity contribution in [3.63, 3.8) is 0 Å². The van der Waals surface area contributed by atoms with Crippen LogP contribution in [0.2, 0.25) is 0 Å². The third-order valence-corrected chi connectivity index (χ3v) is 6.46. The van der Waals surface area contributed by atoms with Gasteiger partial charge in [0.25, 0.3) is 5.56 Å². The van der Waals surface area contributed by atoms with E-state index in [4.69, 9.17) is 9.47 Å². The van der Waals surface area contributed by atoms with Gasteiger partial charge in [-0.2, -0.15) is 0 Å². The molecule has 7 heteroatoms. The summed E-state index contributed by atoms with van der Waals surface area (Å²) < 4.78 is 11.6. The molecule has 0 aliphatic carbocycles. The van der Waals surface area contributed by atoms with Crippen LogP contribution in [0.5, 0.6) is 11.5 Å². The molecule has 1 N–H and O–H groups in total. The molecule has 0 radical (unpaired) electrons. The Kier molecular flexibility index (Phi) is 5.32. The number of methoxy groups -OCH3 is 2. The first-order chi connectivity index (χ1) is 16.1. The molecule has 0 fully saturated rings. The predicted molar refractivity (Wildman–Crippen MR) is 132 cm³/mol. The van der Waals surface area contributed by atoms with E-state index in [9.17, 15) is 9.59 Å². The SMILES string of the molecule is COc1ccc(-c2ccc(-c3csc4[nH]c(=O)n(-c5cccc(OC)c5)c(=O)c34)cc2)cc1.